The van der Waals surface area contributed by atoms with Crippen LogP contribution in [0.5, 0.6) is 0 Å². The summed E-state index contributed by atoms with van der Waals surface area (Å²) in [4.78, 5) is 87.0. The molecule has 0 aromatic carbocycles. The van der Waals surface area contributed by atoms with Crippen LogP contribution < -0.4 is 34.4 Å². The Morgan fingerprint density at radius 3 is 0.906 bits per heavy atom. The number of aromatic nitrogens is 12. The Morgan fingerprint density at radius 2 is 0.554 bits per heavy atom. The predicted molar refractivity (Wildman–Crippen MR) is 601 cm³/mol. The van der Waals surface area contributed by atoms with Gasteiger partial charge >= 0.3 is 0 Å². The highest BCUT2D eigenvalue weighted by molar-refractivity contribution is 8.00. The lowest BCUT2D eigenvalue weighted by atomic mass is 9.72. The van der Waals surface area contributed by atoms with Gasteiger partial charge in [0.25, 0.3) is 0 Å². The van der Waals surface area contributed by atoms with Gasteiger partial charge in [-0.25, -0.2) is 59.8 Å². The lowest BCUT2D eigenvalue weighted by Crippen LogP contribution is -2.26. The molecule has 6 saturated heterocycles. The van der Waals surface area contributed by atoms with Gasteiger partial charge in [0.1, 0.15) is 63.9 Å². The first kappa shape index (κ1) is 102. The van der Waals surface area contributed by atoms with Crippen LogP contribution in [0.3, 0.4) is 0 Å². The molecule has 4 atom stereocenters. The number of thioether (sulfide) groups is 6. The fourth-order valence-corrected chi connectivity index (χ4v) is 35.9. The Bertz CT molecular complexity index is 6160. The zero-order chi connectivity index (χ0) is 95.6. The van der Waals surface area contributed by atoms with Gasteiger partial charge in [0.15, 0.2) is 30.9 Å². The number of nitrogens with two attached hydrogens (primary N) is 6. The summed E-state index contributed by atoms with van der Waals surface area (Å²) >= 11 is 21.5. The Kier molecular flexibility index (Phi) is 35.6. The number of hydrogen-bond donors (Lipinski definition) is 6. The Hall–Kier alpha value is -5.10. The van der Waals surface area contributed by atoms with Crippen LogP contribution in [0.25, 0.3) is 61.3 Å². The van der Waals surface area contributed by atoms with E-state index >= 15 is 0 Å². The topological polar surface area (TPSA) is 330 Å². The molecule has 12 aromatic heterocycles. The van der Waals surface area contributed by atoms with Gasteiger partial charge in [-0.1, -0.05) is 119 Å². The molecule has 0 radical (unpaired) electrons. The minimum Gasteiger partial charge on any atom is -0.383 e. The maximum Gasteiger partial charge on any atom is 0.190 e. The van der Waals surface area contributed by atoms with Gasteiger partial charge in [-0.05, 0) is 340 Å². The molecule has 12 N–H and O–H groups in total. The third kappa shape index (κ3) is 25.5. The molecular weight excluding hydrogens is 1960 g/mol. The zero-order valence-corrected chi connectivity index (χ0v) is 92.6. The van der Waals surface area contributed by atoms with Crippen LogP contribution in [-0.2, 0) is 70.6 Å². The number of likely N-dealkylation sites (tertiary alicyclic amines) is 6. The molecule has 0 amide bonds. The quantitative estimate of drug-likeness (QED) is 0.0229. The van der Waals surface area contributed by atoms with Crippen molar-refractivity contribution >= 4 is 235 Å². The fourth-order valence-electron chi connectivity index (χ4n) is 22.6. The lowest BCUT2D eigenvalue weighted by Gasteiger charge is -2.33. The van der Waals surface area contributed by atoms with E-state index in [2.05, 4.69) is 101 Å². The second kappa shape index (κ2) is 48.3. The van der Waals surface area contributed by atoms with E-state index in [4.69, 9.17) is 64.3 Å². The van der Waals surface area contributed by atoms with Crippen molar-refractivity contribution in [3.05, 3.63) is 62.6 Å². The smallest absolute Gasteiger partial charge is 0.190 e. The maximum atomic E-state index is 6.37. The lowest BCUT2D eigenvalue weighted by molar-refractivity contribution is 0.218. The number of nitrogens with zero attached hydrogens (tertiary/aromatic N) is 18. The molecule has 12 aromatic rings. The van der Waals surface area contributed by atoms with Gasteiger partial charge in [-0.2, -0.15) is 0 Å². The van der Waals surface area contributed by atoms with E-state index in [-0.39, 0.29) is 0 Å². The van der Waals surface area contributed by atoms with Gasteiger partial charge in [-0.3, -0.25) is 0 Å². The van der Waals surface area contributed by atoms with Gasteiger partial charge < -0.3 is 63.8 Å². The second-order valence-corrected chi connectivity index (χ2v) is 54.2. The molecule has 24 rings (SSSR count). The van der Waals surface area contributed by atoms with Crippen LogP contribution in [0.1, 0.15) is 245 Å². The molecule has 36 heteroatoms. The van der Waals surface area contributed by atoms with E-state index < -0.39 is 0 Å². The molecule has 6 aliphatic heterocycles. The van der Waals surface area contributed by atoms with Crippen molar-refractivity contribution in [3.8, 4) is 0 Å². The highest BCUT2D eigenvalue weighted by atomic mass is 32.2. The SMILES string of the molecule is CC(C)(C)C1CCc2c(sc3nc(SCCN4CCCC4)nc(N)c23)C1.CC1CCCc2sc3nc(SCCN4CCCC4)nc(N)c3c21.CC1CCc2c(sc3nc(SCCN4CCCC4)nc(N)c23)C1.CCC1CCc2c(sc3nc(SCCN4CCCC4)nc(N)c23)C1.Nc1nc(SCCN2CCCC2)nc2sc3c(c12)CCC3.Nc1nc(SCCN2CCCC2)nc2sc3c(c12)CCCC3. The van der Waals surface area contributed by atoms with Crippen molar-refractivity contribution in [2.45, 2.75) is 284 Å². The fraction of sp³-hybridized carbons (Fsp3) is 0.650. The summed E-state index contributed by atoms with van der Waals surface area (Å²) in [5, 5.41) is 11.9. The molecule has 0 saturated carbocycles. The summed E-state index contributed by atoms with van der Waals surface area (Å²) in [6, 6.07) is 0. The van der Waals surface area contributed by atoms with Crippen molar-refractivity contribution in [2.24, 2.45) is 23.2 Å². The number of thiophene rings is 6. The van der Waals surface area contributed by atoms with Gasteiger partial charge in [0.2, 0.25) is 0 Å². The highest BCUT2D eigenvalue weighted by Gasteiger charge is 2.35. The highest BCUT2D eigenvalue weighted by Crippen LogP contribution is 2.49. The van der Waals surface area contributed by atoms with Crippen molar-refractivity contribution in [2.75, 3.05) is 187 Å². The van der Waals surface area contributed by atoms with Gasteiger partial charge in [0.05, 0.1) is 32.3 Å². The monoisotopic (exact) mass is 2100 g/mol. The second-order valence-electron chi connectivity index (χ2n) is 41.3. The molecular formula is C103H146N24S12. The molecule has 6 aliphatic carbocycles. The minimum absolute atomic E-state index is 0.363. The van der Waals surface area contributed by atoms with Crippen LogP contribution in [-0.4, -0.2) is 242 Å². The standard InChI is InChI=1S/C20H30N4S2.C18H26N4S2.2C17H24N4S2.C16H22N4S2.C15H20N4S2/c1-20(2,3)13-6-7-14-15(12-13)26-18-16(14)17(21)22-19(23-18)25-11-10-24-8-4-5-9-24;1-2-12-5-6-13-14(11-12)24-17-15(13)16(19)20-18(21-17)23-10-9-22-7-3-4-8-22;1-11-5-4-6-12-13(11)14-15(18)19-17(20-16(14)23-12)22-10-9-21-7-2-3-8-21;1-11-4-5-12-13(10-11)23-16-14(12)15(18)19-17(20-16)22-9-8-21-6-2-3-7-21;17-14-13-11-5-1-2-6-12(11)22-15(13)19-16(18-14)21-10-9-20-7-3-4-8-20;16-13-12-10-4-3-5-11(10)21-14(12)18-15(17-13)20-9-8-19-6-1-2-7-19/h13H,4-12H2,1-3H3,(H2,21,22,23);12H,2-11H2,1H3,(H2,19,20,21);2*11H,2-10H2,1H3,(H2,18,19,20);1-10H2,(H2,17,18,19);1-9H2,(H2,16,17,18). The molecule has 6 fully saturated rings. The van der Waals surface area contributed by atoms with Crippen LogP contribution in [0, 0.1) is 23.2 Å². The molecule has 18 heterocycles. The average molecular weight is 2110 g/mol. The van der Waals surface area contributed by atoms with Crippen LogP contribution in [0.4, 0.5) is 34.9 Å². The zero-order valence-electron chi connectivity index (χ0n) is 82.8. The van der Waals surface area contributed by atoms with Crippen LogP contribution in [0.2, 0.25) is 0 Å². The third-order valence-electron chi connectivity index (χ3n) is 30.5. The summed E-state index contributed by atoms with van der Waals surface area (Å²) in [6.07, 6.45) is 40.3. The molecule has 750 valence electrons. The van der Waals surface area contributed by atoms with Crippen LogP contribution in [0.15, 0.2) is 30.9 Å². The first-order chi connectivity index (χ1) is 67.7. The predicted octanol–water partition coefficient (Wildman–Crippen LogP) is 22.4. The summed E-state index contributed by atoms with van der Waals surface area (Å²) < 4.78 is 0. The minimum atomic E-state index is 0.363. The van der Waals surface area contributed by atoms with E-state index in [0.717, 1.165) is 222 Å². The third-order valence-corrected chi connectivity index (χ3v) is 42.5. The molecule has 4 unspecified atom stereocenters. The summed E-state index contributed by atoms with van der Waals surface area (Å²) in [5.41, 5.74) is 46.7. The largest absolute Gasteiger partial charge is 0.383 e. The van der Waals surface area contributed by atoms with E-state index in [1.807, 2.05) is 68.0 Å². The number of fused-ring (bicyclic) bond motifs is 18. The molecule has 0 spiro atoms. The number of rotatable bonds is 25. The van der Waals surface area contributed by atoms with Crippen molar-refractivity contribution in [1.82, 2.24) is 89.2 Å². The van der Waals surface area contributed by atoms with Gasteiger partial charge in [-0.15, -0.1) is 68.0 Å². The van der Waals surface area contributed by atoms with Crippen molar-refractivity contribution in [1.29, 1.82) is 0 Å². The van der Waals surface area contributed by atoms with Gasteiger partial charge in [0, 0.05) is 103 Å². The Morgan fingerprint density at radius 1 is 0.281 bits per heavy atom. The van der Waals surface area contributed by atoms with E-state index in [9.17, 15) is 0 Å². The summed E-state index contributed by atoms with van der Waals surface area (Å²) in [7, 11) is 0. The Balaban J connectivity index is 0.000000107. The normalized spacial score (nSPS) is 20.8. The summed E-state index contributed by atoms with van der Waals surface area (Å²) in [5.74, 6) is 13.3. The number of anilines is 6. The first-order valence-electron chi connectivity index (χ1n) is 52.3. The van der Waals surface area contributed by atoms with E-state index in [1.54, 1.807) is 70.6 Å². The van der Waals surface area contributed by atoms with Crippen LogP contribution >= 0.6 is 139 Å². The Labute approximate surface area is 872 Å². The van der Waals surface area contributed by atoms with Crippen molar-refractivity contribution in [3.63, 3.8) is 0 Å². The number of aryl methyl sites for hydroxylation is 8. The number of nitrogen functional groups attached to an aromatic ring is 6. The molecule has 24 nitrogen and oxygen atoms in total. The maximum absolute atomic E-state index is 6.37. The summed E-state index contributed by atoms with van der Waals surface area (Å²) in [6.45, 7) is 35.8. The molecule has 0 bridgehead atoms. The first-order valence-corrected chi connectivity index (χ1v) is 63.1. The molecule has 12 aliphatic rings. The van der Waals surface area contributed by atoms with E-state index in [0.29, 0.717) is 46.2 Å². The number of hydrogen-bond acceptors (Lipinski definition) is 36. The van der Waals surface area contributed by atoms with Crippen molar-refractivity contribution < 1.29 is 0 Å². The van der Waals surface area contributed by atoms with E-state index in [1.165, 1.54) is 308 Å². The average Bonchev–Trinajstić information content (AvgIpc) is 1.63. The molecule has 139 heavy (non-hydrogen) atoms.